The Balaban J connectivity index is 1.63. The van der Waals surface area contributed by atoms with Crippen molar-refractivity contribution in [2.75, 3.05) is 6.79 Å². The van der Waals surface area contributed by atoms with Crippen LogP contribution in [0.1, 0.15) is 22.9 Å². The third-order valence-corrected chi connectivity index (χ3v) is 5.90. The van der Waals surface area contributed by atoms with E-state index >= 15 is 0 Å². The van der Waals surface area contributed by atoms with Gasteiger partial charge in [-0.2, -0.15) is 0 Å². The number of hydrogen-bond acceptors (Lipinski definition) is 6. The molecule has 0 radical (unpaired) electrons. The SMILES string of the molecule is O=C1OC(=S)N2[C@H](c3ccc4c(c3)OCO4)c3[nH]c4ccccc4c3C[C@]12O. The molecular weight excluding hydrogens is 380 g/mol. The maximum absolute atomic E-state index is 12.5. The second-order valence-electron chi connectivity index (χ2n) is 7.10. The summed E-state index contributed by atoms with van der Waals surface area (Å²) in [4.78, 5) is 17.4. The van der Waals surface area contributed by atoms with E-state index in [4.69, 9.17) is 26.4 Å². The molecule has 0 amide bonds. The molecule has 0 saturated carbocycles. The van der Waals surface area contributed by atoms with Gasteiger partial charge >= 0.3 is 5.97 Å². The second kappa shape index (κ2) is 5.24. The molecule has 0 bridgehead atoms. The minimum absolute atomic E-state index is 0.0422. The average Bonchev–Trinajstić information content (AvgIpc) is 3.35. The summed E-state index contributed by atoms with van der Waals surface area (Å²) >= 11 is 5.31. The van der Waals surface area contributed by atoms with Gasteiger partial charge < -0.3 is 24.3 Å². The van der Waals surface area contributed by atoms with E-state index in [1.165, 1.54) is 4.90 Å². The van der Waals surface area contributed by atoms with Crippen LogP contribution in [-0.4, -0.2) is 38.7 Å². The van der Waals surface area contributed by atoms with Crippen molar-refractivity contribution in [2.24, 2.45) is 0 Å². The first-order chi connectivity index (χ1) is 13.6. The van der Waals surface area contributed by atoms with Crippen molar-refractivity contribution in [3.05, 3.63) is 59.3 Å². The van der Waals surface area contributed by atoms with Crippen LogP contribution in [0.3, 0.4) is 0 Å². The summed E-state index contributed by atoms with van der Waals surface area (Å²) in [6.07, 6.45) is 0.0897. The summed E-state index contributed by atoms with van der Waals surface area (Å²) in [7, 11) is 0. The Kier molecular flexibility index (Phi) is 2.98. The van der Waals surface area contributed by atoms with E-state index in [1.807, 2.05) is 42.5 Å². The molecule has 0 unspecified atom stereocenters. The maximum Gasteiger partial charge on any atom is 0.367 e. The molecular formula is C20H14N2O5S. The van der Waals surface area contributed by atoms with Crippen molar-refractivity contribution >= 4 is 34.3 Å². The minimum Gasteiger partial charge on any atom is -0.454 e. The zero-order chi connectivity index (χ0) is 19.0. The fourth-order valence-corrected chi connectivity index (χ4v) is 4.69. The lowest BCUT2D eigenvalue weighted by Crippen LogP contribution is -2.55. The Hall–Kier alpha value is -3.10. The third kappa shape index (κ3) is 1.91. The number of benzene rings is 2. The number of nitrogens with zero attached hydrogens (tertiary/aromatic N) is 1. The number of nitrogens with one attached hydrogen (secondary N) is 1. The summed E-state index contributed by atoms with van der Waals surface area (Å²) in [6.45, 7) is 0.161. The monoisotopic (exact) mass is 394 g/mol. The van der Waals surface area contributed by atoms with Gasteiger partial charge in [-0.3, -0.25) is 4.90 Å². The first-order valence-corrected chi connectivity index (χ1v) is 9.24. The highest BCUT2D eigenvalue weighted by molar-refractivity contribution is 7.80. The number of H-pyrrole nitrogens is 1. The van der Waals surface area contributed by atoms with E-state index in [9.17, 15) is 9.90 Å². The van der Waals surface area contributed by atoms with Crippen molar-refractivity contribution in [2.45, 2.75) is 18.2 Å². The van der Waals surface area contributed by atoms with E-state index in [-0.39, 0.29) is 18.4 Å². The Morgan fingerprint density at radius 2 is 2.00 bits per heavy atom. The molecule has 1 aromatic heterocycles. The van der Waals surface area contributed by atoms with Gasteiger partial charge in [-0.15, -0.1) is 0 Å². The largest absolute Gasteiger partial charge is 0.454 e. The Bertz CT molecular complexity index is 1190. The second-order valence-corrected chi connectivity index (χ2v) is 7.45. The summed E-state index contributed by atoms with van der Waals surface area (Å²) < 4.78 is 16.1. The van der Waals surface area contributed by atoms with Gasteiger partial charge in [-0.25, -0.2) is 4.79 Å². The highest BCUT2D eigenvalue weighted by Crippen LogP contribution is 2.48. The van der Waals surface area contributed by atoms with Crippen molar-refractivity contribution in [3.8, 4) is 11.5 Å². The van der Waals surface area contributed by atoms with Crippen LogP contribution < -0.4 is 9.47 Å². The van der Waals surface area contributed by atoms with Crippen LogP contribution in [0.5, 0.6) is 11.5 Å². The predicted octanol–water partition coefficient (Wildman–Crippen LogP) is 2.37. The lowest BCUT2D eigenvalue weighted by atomic mass is 9.87. The third-order valence-electron chi connectivity index (χ3n) is 5.62. The molecule has 3 aromatic rings. The van der Waals surface area contributed by atoms with Gasteiger partial charge in [0, 0.05) is 23.0 Å². The van der Waals surface area contributed by atoms with Gasteiger partial charge in [0.25, 0.3) is 5.17 Å². The summed E-state index contributed by atoms with van der Waals surface area (Å²) in [5.74, 6) is 0.517. The van der Waals surface area contributed by atoms with Crippen LogP contribution in [0.25, 0.3) is 10.9 Å². The normalized spacial score (nSPS) is 25.0. The molecule has 2 atom stereocenters. The number of rotatable bonds is 1. The van der Waals surface area contributed by atoms with E-state index in [0.29, 0.717) is 11.5 Å². The van der Waals surface area contributed by atoms with Gasteiger partial charge in [0.15, 0.2) is 11.5 Å². The number of ether oxygens (including phenoxy) is 3. The molecule has 6 rings (SSSR count). The topological polar surface area (TPSA) is 84.0 Å². The van der Waals surface area contributed by atoms with Crippen LogP contribution in [0.4, 0.5) is 0 Å². The van der Waals surface area contributed by atoms with E-state index in [0.717, 1.165) is 27.7 Å². The average molecular weight is 394 g/mol. The van der Waals surface area contributed by atoms with Gasteiger partial charge in [0.2, 0.25) is 12.5 Å². The fraction of sp³-hybridized carbons (Fsp3) is 0.200. The van der Waals surface area contributed by atoms with Crippen molar-refractivity contribution in [1.29, 1.82) is 0 Å². The van der Waals surface area contributed by atoms with Gasteiger partial charge in [-0.05, 0) is 41.5 Å². The van der Waals surface area contributed by atoms with Crippen LogP contribution >= 0.6 is 12.2 Å². The molecule has 7 nitrogen and oxygen atoms in total. The number of cyclic esters (lactones) is 1. The van der Waals surface area contributed by atoms with Gasteiger partial charge in [0.1, 0.15) is 6.04 Å². The van der Waals surface area contributed by atoms with E-state index in [2.05, 4.69) is 4.98 Å². The standard InChI is InChI=1S/C20H14N2O5S/c23-18-20(24)8-12-11-3-1-2-4-13(11)21-16(12)17(22(20)19(28)27-18)10-5-6-14-15(7-10)26-9-25-14/h1-7,17,21,24H,8-9H2/t17-,20+/m1/s1. The lowest BCUT2D eigenvalue weighted by molar-refractivity contribution is -0.162. The molecule has 8 heteroatoms. The van der Waals surface area contributed by atoms with Gasteiger partial charge in [0.05, 0.1) is 0 Å². The number of aliphatic hydroxyl groups is 1. The Labute approximate surface area is 164 Å². The van der Waals surface area contributed by atoms with Crippen LogP contribution in [-0.2, 0) is 16.0 Å². The van der Waals surface area contributed by atoms with Crippen molar-refractivity contribution in [3.63, 3.8) is 0 Å². The van der Waals surface area contributed by atoms with Gasteiger partial charge in [-0.1, -0.05) is 24.3 Å². The first-order valence-electron chi connectivity index (χ1n) is 8.83. The molecule has 3 aliphatic heterocycles. The summed E-state index contributed by atoms with van der Waals surface area (Å²) in [6, 6.07) is 12.8. The smallest absolute Gasteiger partial charge is 0.367 e. The zero-order valence-electron chi connectivity index (χ0n) is 14.5. The number of para-hydroxylation sites is 1. The molecule has 4 heterocycles. The van der Waals surface area contributed by atoms with Crippen molar-refractivity contribution < 1.29 is 24.1 Å². The minimum atomic E-state index is -1.85. The Morgan fingerprint density at radius 1 is 1.18 bits per heavy atom. The maximum atomic E-state index is 12.5. The molecule has 1 fully saturated rings. The zero-order valence-corrected chi connectivity index (χ0v) is 15.3. The summed E-state index contributed by atoms with van der Waals surface area (Å²) in [5, 5.41) is 12.2. The first kappa shape index (κ1) is 15.9. The molecule has 0 spiro atoms. The highest BCUT2D eigenvalue weighted by Gasteiger charge is 2.59. The number of thiocarbonyl (C=S) groups is 1. The predicted molar refractivity (Wildman–Crippen MR) is 102 cm³/mol. The van der Waals surface area contributed by atoms with Crippen LogP contribution in [0.2, 0.25) is 0 Å². The quantitative estimate of drug-likeness (QED) is 0.484. The highest BCUT2D eigenvalue weighted by atomic mass is 32.1. The van der Waals surface area contributed by atoms with Crippen LogP contribution in [0, 0.1) is 0 Å². The molecule has 1 saturated heterocycles. The lowest BCUT2D eigenvalue weighted by Gasteiger charge is -2.40. The van der Waals surface area contributed by atoms with Crippen molar-refractivity contribution in [1.82, 2.24) is 9.88 Å². The van der Waals surface area contributed by atoms with E-state index in [1.54, 1.807) is 0 Å². The van der Waals surface area contributed by atoms with Crippen LogP contribution in [0.15, 0.2) is 42.5 Å². The number of fused-ring (bicyclic) bond motifs is 5. The number of aromatic amines is 1. The molecule has 2 aromatic carbocycles. The summed E-state index contributed by atoms with van der Waals surface area (Å²) in [5.41, 5.74) is 1.62. The number of aromatic nitrogens is 1. The van der Waals surface area contributed by atoms with E-state index < -0.39 is 17.7 Å². The number of esters is 1. The molecule has 3 aliphatic rings. The number of carbonyl (C=O) groups excluding carboxylic acids is 1. The molecule has 140 valence electrons. The fourth-order valence-electron chi connectivity index (χ4n) is 4.36. The molecule has 2 N–H and O–H groups in total. The number of carbonyl (C=O) groups is 1. The Morgan fingerprint density at radius 3 is 2.89 bits per heavy atom. The molecule has 0 aliphatic carbocycles. The number of hydrogen-bond donors (Lipinski definition) is 2. The molecule has 28 heavy (non-hydrogen) atoms.